The fraction of sp³-hybridized carbons (Fsp3) is 0.462. The van der Waals surface area contributed by atoms with Gasteiger partial charge in [0.2, 0.25) is 5.91 Å². The second kappa shape index (κ2) is 6.63. The molecule has 0 aliphatic rings. The highest BCUT2D eigenvalue weighted by Gasteiger charge is 2.67. The van der Waals surface area contributed by atoms with Crippen LogP contribution in [0, 0.1) is 6.92 Å². The molecule has 0 aliphatic carbocycles. The number of pyridine rings is 1. The van der Waals surface area contributed by atoms with Crippen LogP contribution in [0.25, 0.3) is 0 Å². The average molecular weight is 320 g/mol. The summed E-state index contributed by atoms with van der Waals surface area (Å²) >= 11 is 0. The normalized spacial score (nSPS) is 13.9. The molecule has 22 heavy (non-hydrogen) atoms. The Hall–Kier alpha value is -2.32. The lowest BCUT2D eigenvalue weighted by Gasteiger charge is -2.30. The highest BCUT2D eigenvalue weighted by molar-refractivity contribution is 5.90. The molecule has 0 saturated heterocycles. The van der Waals surface area contributed by atoms with Crippen LogP contribution in [-0.2, 0) is 14.3 Å². The molecule has 122 valence electrons. The van der Waals surface area contributed by atoms with Crippen LogP contribution >= 0.6 is 0 Å². The van der Waals surface area contributed by atoms with Gasteiger partial charge in [-0.2, -0.15) is 13.2 Å². The van der Waals surface area contributed by atoms with E-state index in [2.05, 4.69) is 9.72 Å². The standard InChI is InChI=1S/C13H16F3N3O3/c1-4-22-11(21)12(13(14,15)16,18-9(3)20)19-10-7-5-6-8(2)17-10/h5-7H,4H2,1-3H3,(H,17,19)(H,18,20)/p+1/t12-/m1/s1. The first-order valence-corrected chi connectivity index (χ1v) is 6.42. The number of aromatic amines is 1. The number of hydrogen-bond acceptors (Lipinski definition) is 4. The van der Waals surface area contributed by atoms with Gasteiger partial charge >= 0.3 is 17.8 Å². The minimum Gasteiger partial charge on any atom is -0.461 e. The molecular formula is C13H17F3N3O3+. The van der Waals surface area contributed by atoms with Gasteiger partial charge < -0.3 is 4.74 Å². The van der Waals surface area contributed by atoms with E-state index in [0.29, 0.717) is 5.69 Å². The van der Waals surface area contributed by atoms with Crippen molar-refractivity contribution in [1.82, 2.24) is 5.32 Å². The molecule has 0 spiro atoms. The molecule has 3 N–H and O–H groups in total. The number of aromatic nitrogens is 1. The summed E-state index contributed by atoms with van der Waals surface area (Å²) in [6, 6.07) is 4.42. The maximum absolute atomic E-state index is 13.5. The van der Waals surface area contributed by atoms with Crippen molar-refractivity contribution in [3.05, 3.63) is 23.9 Å². The zero-order chi connectivity index (χ0) is 17.0. The number of carbonyl (C=O) groups excluding carboxylic acids is 2. The fourth-order valence-corrected chi connectivity index (χ4v) is 1.75. The van der Waals surface area contributed by atoms with Crippen LogP contribution in [0.3, 0.4) is 0 Å². The summed E-state index contributed by atoms with van der Waals surface area (Å²) in [4.78, 5) is 25.7. The van der Waals surface area contributed by atoms with Gasteiger partial charge in [0.1, 0.15) is 0 Å². The fourth-order valence-electron chi connectivity index (χ4n) is 1.75. The van der Waals surface area contributed by atoms with Gasteiger partial charge in [0.15, 0.2) is 0 Å². The summed E-state index contributed by atoms with van der Waals surface area (Å²) in [5.74, 6) is -2.78. The Balaban J connectivity index is 3.34. The van der Waals surface area contributed by atoms with Gasteiger partial charge in [0.25, 0.3) is 5.82 Å². The third kappa shape index (κ3) is 3.86. The number of carbonyl (C=O) groups is 2. The first-order valence-electron chi connectivity index (χ1n) is 6.42. The highest BCUT2D eigenvalue weighted by Crippen LogP contribution is 2.32. The van der Waals surface area contributed by atoms with Crippen LogP contribution in [0.15, 0.2) is 18.2 Å². The topological polar surface area (TPSA) is 81.6 Å². The number of esters is 1. The molecule has 0 saturated carbocycles. The van der Waals surface area contributed by atoms with Crippen LogP contribution in [0.2, 0.25) is 0 Å². The van der Waals surface area contributed by atoms with E-state index in [1.54, 1.807) is 18.3 Å². The van der Waals surface area contributed by atoms with Crippen molar-refractivity contribution in [1.29, 1.82) is 0 Å². The molecule has 0 bridgehead atoms. The second-order valence-electron chi connectivity index (χ2n) is 4.52. The summed E-state index contributed by atoms with van der Waals surface area (Å²) in [6.07, 6.45) is -5.12. The van der Waals surface area contributed by atoms with E-state index in [1.807, 2.05) is 5.32 Å². The molecule has 6 nitrogen and oxygen atoms in total. The Kier molecular flexibility index (Phi) is 5.34. The lowest BCUT2D eigenvalue weighted by atomic mass is 10.1. The van der Waals surface area contributed by atoms with Crippen molar-refractivity contribution in [3.63, 3.8) is 0 Å². The number of amides is 1. The summed E-state index contributed by atoms with van der Waals surface area (Å²) < 4.78 is 45.0. The third-order valence-corrected chi connectivity index (χ3v) is 2.63. The zero-order valence-electron chi connectivity index (χ0n) is 12.3. The second-order valence-corrected chi connectivity index (χ2v) is 4.52. The van der Waals surface area contributed by atoms with Gasteiger partial charge in [-0.05, 0) is 19.9 Å². The predicted octanol–water partition coefficient (Wildman–Crippen LogP) is 1.18. The van der Waals surface area contributed by atoms with E-state index in [1.165, 1.54) is 19.1 Å². The van der Waals surface area contributed by atoms with E-state index in [0.717, 1.165) is 6.92 Å². The maximum Gasteiger partial charge on any atom is 0.464 e. The van der Waals surface area contributed by atoms with E-state index < -0.39 is 23.7 Å². The number of H-pyrrole nitrogens is 1. The van der Waals surface area contributed by atoms with Crippen molar-refractivity contribution in [3.8, 4) is 0 Å². The number of rotatable bonds is 5. The zero-order valence-corrected chi connectivity index (χ0v) is 12.3. The summed E-state index contributed by atoms with van der Waals surface area (Å²) in [5.41, 5.74) is -2.81. The van der Waals surface area contributed by atoms with Crippen molar-refractivity contribution >= 4 is 17.7 Å². The number of aryl methyl sites for hydroxylation is 1. The van der Waals surface area contributed by atoms with E-state index in [4.69, 9.17) is 0 Å². The number of anilines is 1. The Labute approximate surface area is 125 Å². The number of hydrogen-bond donors (Lipinski definition) is 2. The van der Waals surface area contributed by atoms with Gasteiger partial charge in [-0.1, -0.05) is 6.07 Å². The van der Waals surface area contributed by atoms with Gasteiger partial charge in [-0.15, -0.1) is 0 Å². The molecule has 0 radical (unpaired) electrons. The molecule has 1 atom stereocenters. The lowest BCUT2D eigenvalue weighted by molar-refractivity contribution is -0.372. The average Bonchev–Trinajstić information content (AvgIpc) is 2.36. The van der Waals surface area contributed by atoms with E-state index in [-0.39, 0.29) is 12.4 Å². The van der Waals surface area contributed by atoms with Crippen molar-refractivity contribution < 1.29 is 32.5 Å². The van der Waals surface area contributed by atoms with Crippen LogP contribution in [-0.4, -0.2) is 30.3 Å². The molecule has 1 aromatic rings. The summed E-state index contributed by atoms with van der Waals surface area (Å²) in [5, 5.41) is 3.62. The largest absolute Gasteiger partial charge is 0.464 e. The number of halogens is 3. The maximum atomic E-state index is 13.5. The first kappa shape index (κ1) is 17.7. The van der Waals surface area contributed by atoms with Crippen LogP contribution < -0.4 is 15.6 Å². The number of alkyl halides is 3. The molecule has 9 heteroatoms. The van der Waals surface area contributed by atoms with E-state index >= 15 is 0 Å². The highest BCUT2D eigenvalue weighted by atomic mass is 19.4. The van der Waals surface area contributed by atoms with Crippen molar-refractivity contribution in [2.75, 3.05) is 11.9 Å². The van der Waals surface area contributed by atoms with Crippen molar-refractivity contribution in [2.24, 2.45) is 0 Å². The SMILES string of the molecule is CCOC(=O)[C@@](NC(C)=O)(Nc1cccc(C)[nH+]1)C(F)(F)F. The first-order chi connectivity index (χ1) is 10.1. The quantitative estimate of drug-likeness (QED) is 0.630. The molecule has 0 aromatic carbocycles. The summed E-state index contributed by atoms with van der Waals surface area (Å²) in [6.45, 7) is 3.60. The Morgan fingerprint density at radius 2 is 1.95 bits per heavy atom. The minimum atomic E-state index is -5.12. The predicted molar refractivity (Wildman–Crippen MR) is 70.6 cm³/mol. The van der Waals surface area contributed by atoms with Crippen molar-refractivity contribution in [2.45, 2.75) is 32.6 Å². The molecule has 0 aliphatic heterocycles. The monoisotopic (exact) mass is 320 g/mol. The number of ether oxygens (including phenoxy) is 1. The Morgan fingerprint density at radius 1 is 1.32 bits per heavy atom. The van der Waals surface area contributed by atoms with Gasteiger partial charge in [-0.3, -0.25) is 10.1 Å². The van der Waals surface area contributed by atoms with Gasteiger partial charge in [0.05, 0.1) is 12.3 Å². The Morgan fingerprint density at radius 3 is 2.41 bits per heavy atom. The van der Waals surface area contributed by atoms with Gasteiger partial charge in [0, 0.05) is 13.0 Å². The smallest absolute Gasteiger partial charge is 0.461 e. The minimum absolute atomic E-state index is 0.0980. The van der Waals surface area contributed by atoms with Crippen LogP contribution in [0.4, 0.5) is 19.0 Å². The molecular weight excluding hydrogens is 303 g/mol. The number of nitrogens with one attached hydrogen (secondary N) is 3. The van der Waals surface area contributed by atoms with Gasteiger partial charge in [-0.25, -0.2) is 15.1 Å². The molecule has 1 amide bonds. The molecule has 1 heterocycles. The molecule has 1 aromatic heterocycles. The molecule has 0 fully saturated rings. The molecule has 0 unspecified atom stereocenters. The Bertz CT molecular complexity index is 563. The third-order valence-electron chi connectivity index (χ3n) is 2.63. The summed E-state index contributed by atoms with van der Waals surface area (Å²) in [7, 11) is 0. The van der Waals surface area contributed by atoms with E-state index in [9.17, 15) is 22.8 Å². The van der Waals surface area contributed by atoms with Crippen LogP contribution in [0.1, 0.15) is 19.5 Å². The lowest BCUT2D eigenvalue weighted by Crippen LogP contribution is -2.69. The van der Waals surface area contributed by atoms with Crippen LogP contribution in [0.5, 0.6) is 0 Å². The molecule has 1 rings (SSSR count).